The van der Waals surface area contributed by atoms with Gasteiger partial charge in [0.05, 0.1) is 17.8 Å². The van der Waals surface area contributed by atoms with Gasteiger partial charge in [0.1, 0.15) is 17.7 Å². The molecular weight excluding hydrogens is 486 g/mol. The SMILES string of the molecule is CC(C)(C)OC(=O)n1cccc1-c1ccc(N(Cc2ccsc2)C(=O)Cn2nnc3ccccc32)cc1. The van der Waals surface area contributed by atoms with Gasteiger partial charge in [0.15, 0.2) is 0 Å². The lowest BCUT2D eigenvalue weighted by molar-refractivity contribution is -0.119. The van der Waals surface area contributed by atoms with Gasteiger partial charge in [-0.3, -0.25) is 9.36 Å². The fourth-order valence-corrected chi connectivity index (χ4v) is 4.69. The van der Waals surface area contributed by atoms with E-state index in [1.807, 2.05) is 98.3 Å². The van der Waals surface area contributed by atoms with Crippen molar-refractivity contribution in [2.24, 2.45) is 0 Å². The zero-order valence-corrected chi connectivity index (χ0v) is 21.7. The molecule has 0 bridgehead atoms. The molecule has 8 nitrogen and oxygen atoms in total. The first kappa shape index (κ1) is 24.5. The van der Waals surface area contributed by atoms with E-state index in [0.717, 1.165) is 27.8 Å². The molecule has 0 radical (unpaired) electrons. The monoisotopic (exact) mass is 513 g/mol. The number of nitrogens with zero attached hydrogens (tertiary/aromatic N) is 5. The molecule has 0 N–H and O–H groups in total. The Morgan fingerprint density at radius 1 is 1.00 bits per heavy atom. The first-order valence-electron chi connectivity index (χ1n) is 11.9. The molecular formula is C28H27N5O3S. The van der Waals surface area contributed by atoms with Gasteiger partial charge in [0, 0.05) is 11.9 Å². The predicted molar refractivity (Wildman–Crippen MR) is 145 cm³/mol. The van der Waals surface area contributed by atoms with Crippen molar-refractivity contribution in [3.8, 4) is 11.3 Å². The van der Waals surface area contributed by atoms with Crippen molar-refractivity contribution in [2.45, 2.75) is 39.5 Å². The second kappa shape index (κ2) is 10.0. The molecule has 0 aliphatic carbocycles. The number of benzene rings is 2. The largest absolute Gasteiger partial charge is 0.443 e. The zero-order valence-electron chi connectivity index (χ0n) is 20.9. The maximum Gasteiger partial charge on any atom is 0.418 e. The zero-order chi connectivity index (χ0) is 26.0. The minimum absolute atomic E-state index is 0.0634. The number of hydrogen-bond acceptors (Lipinski definition) is 6. The van der Waals surface area contributed by atoms with E-state index >= 15 is 0 Å². The second-order valence-electron chi connectivity index (χ2n) is 9.64. The van der Waals surface area contributed by atoms with Gasteiger partial charge in [-0.25, -0.2) is 9.48 Å². The highest BCUT2D eigenvalue weighted by Gasteiger charge is 2.21. The molecule has 5 aromatic rings. The molecule has 0 saturated heterocycles. The van der Waals surface area contributed by atoms with Crippen molar-refractivity contribution in [3.63, 3.8) is 0 Å². The van der Waals surface area contributed by atoms with Crippen LogP contribution in [0, 0.1) is 0 Å². The summed E-state index contributed by atoms with van der Waals surface area (Å²) in [5, 5.41) is 12.4. The highest BCUT2D eigenvalue weighted by atomic mass is 32.1. The van der Waals surface area contributed by atoms with E-state index in [0.29, 0.717) is 12.2 Å². The fourth-order valence-electron chi connectivity index (χ4n) is 4.03. The normalized spacial score (nSPS) is 11.5. The average Bonchev–Trinajstić information content (AvgIpc) is 3.63. The van der Waals surface area contributed by atoms with E-state index in [4.69, 9.17) is 4.74 Å². The summed E-state index contributed by atoms with van der Waals surface area (Å²) in [7, 11) is 0. The van der Waals surface area contributed by atoms with Gasteiger partial charge in [0.2, 0.25) is 5.91 Å². The summed E-state index contributed by atoms with van der Waals surface area (Å²) in [6.45, 7) is 6.01. The molecule has 0 atom stereocenters. The van der Waals surface area contributed by atoms with Crippen LogP contribution in [-0.4, -0.2) is 37.2 Å². The summed E-state index contributed by atoms with van der Waals surface area (Å²) < 4.78 is 8.65. The van der Waals surface area contributed by atoms with Gasteiger partial charge in [-0.15, -0.1) is 5.10 Å². The maximum absolute atomic E-state index is 13.5. The molecule has 2 aromatic carbocycles. The molecule has 0 spiro atoms. The number of fused-ring (bicyclic) bond motifs is 1. The Hall–Kier alpha value is -4.24. The van der Waals surface area contributed by atoms with E-state index in [2.05, 4.69) is 10.3 Å². The third-order valence-corrected chi connectivity index (χ3v) is 6.47. The molecule has 37 heavy (non-hydrogen) atoms. The molecule has 3 heterocycles. The first-order valence-corrected chi connectivity index (χ1v) is 12.8. The third-order valence-electron chi connectivity index (χ3n) is 5.74. The maximum atomic E-state index is 13.5. The van der Waals surface area contributed by atoms with Gasteiger partial charge in [0.25, 0.3) is 0 Å². The number of anilines is 1. The fraction of sp³-hybridized carbons (Fsp3) is 0.214. The van der Waals surface area contributed by atoms with Crippen LogP contribution in [0.2, 0.25) is 0 Å². The molecule has 1 amide bonds. The topological polar surface area (TPSA) is 82.2 Å². The summed E-state index contributed by atoms with van der Waals surface area (Å²) in [6, 6.07) is 20.9. The van der Waals surface area contributed by atoms with Crippen molar-refractivity contribution in [1.29, 1.82) is 0 Å². The Balaban J connectivity index is 1.42. The first-order chi connectivity index (χ1) is 17.8. The molecule has 0 saturated carbocycles. The molecule has 9 heteroatoms. The summed E-state index contributed by atoms with van der Waals surface area (Å²) in [5.74, 6) is -0.105. The summed E-state index contributed by atoms with van der Waals surface area (Å²) in [5.41, 5.74) is 4.31. The van der Waals surface area contributed by atoms with Crippen LogP contribution >= 0.6 is 11.3 Å². The molecule has 0 fully saturated rings. The smallest absolute Gasteiger partial charge is 0.418 e. The Kier molecular flexibility index (Phi) is 6.62. The van der Waals surface area contributed by atoms with Crippen LogP contribution in [0.3, 0.4) is 0 Å². The highest BCUT2D eigenvalue weighted by Crippen LogP contribution is 2.26. The summed E-state index contributed by atoms with van der Waals surface area (Å²) in [6.07, 6.45) is 1.25. The second-order valence-corrected chi connectivity index (χ2v) is 10.4. The van der Waals surface area contributed by atoms with Gasteiger partial charge >= 0.3 is 6.09 Å². The standard InChI is InChI=1S/C28H27N5O3S/c1-28(2,3)36-27(35)31-15-6-9-24(31)21-10-12-22(13-11-21)32(17-20-14-16-37-19-20)26(34)18-33-25-8-5-4-7-23(25)29-30-33/h4-16,19H,17-18H2,1-3H3. The number of amides is 1. The lowest BCUT2D eigenvalue weighted by Crippen LogP contribution is -2.33. The minimum atomic E-state index is -0.597. The Morgan fingerprint density at radius 3 is 2.51 bits per heavy atom. The number of thiophene rings is 1. The molecule has 0 unspecified atom stereocenters. The van der Waals surface area contributed by atoms with Crippen molar-refractivity contribution in [3.05, 3.63) is 89.3 Å². The quantitative estimate of drug-likeness (QED) is 0.279. The Labute approximate surface area is 218 Å². The van der Waals surface area contributed by atoms with Crippen LogP contribution in [-0.2, 0) is 22.6 Å². The highest BCUT2D eigenvalue weighted by molar-refractivity contribution is 7.07. The Morgan fingerprint density at radius 2 is 1.78 bits per heavy atom. The van der Waals surface area contributed by atoms with Gasteiger partial charge in [-0.1, -0.05) is 29.5 Å². The summed E-state index contributed by atoms with van der Waals surface area (Å²) in [4.78, 5) is 28.0. The molecule has 0 aliphatic heterocycles. The van der Waals surface area contributed by atoms with Crippen molar-refractivity contribution in [1.82, 2.24) is 19.6 Å². The number of ether oxygens (including phenoxy) is 1. The van der Waals surface area contributed by atoms with E-state index in [1.165, 1.54) is 4.57 Å². The number of hydrogen-bond donors (Lipinski definition) is 0. The van der Waals surface area contributed by atoms with Crippen LogP contribution in [0.25, 0.3) is 22.3 Å². The average molecular weight is 514 g/mol. The number of rotatable bonds is 6. The van der Waals surface area contributed by atoms with Gasteiger partial charge in [-0.05, 0) is 85.1 Å². The summed E-state index contributed by atoms with van der Waals surface area (Å²) >= 11 is 1.59. The lowest BCUT2D eigenvalue weighted by Gasteiger charge is -2.23. The van der Waals surface area contributed by atoms with Crippen LogP contribution < -0.4 is 4.90 Å². The van der Waals surface area contributed by atoms with Crippen LogP contribution in [0.15, 0.2) is 83.7 Å². The van der Waals surface area contributed by atoms with Gasteiger partial charge < -0.3 is 9.64 Å². The third kappa shape index (κ3) is 5.46. The van der Waals surface area contributed by atoms with Crippen molar-refractivity contribution in [2.75, 3.05) is 4.90 Å². The van der Waals surface area contributed by atoms with Crippen LogP contribution in [0.5, 0.6) is 0 Å². The number of carbonyl (C=O) groups is 2. The molecule has 0 aliphatic rings. The number of carbonyl (C=O) groups excluding carboxylic acids is 2. The van der Waals surface area contributed by atoms with Crippen LogP contribution in [0.1, 0.15) is 26.3 Å². The molecule has 5 rings (SSSR count). The Bertz CT molecular complexity index is 1530. The number of aromatic nitrogens is 4. The van der Waals surface area contributed by atoms with Gasteiger partial charge in [-0.2, -0.15) is 11.3 Å². The van der Waals surface area contributed by atoms with E-state index in [9.17, 15) is 9.59 Å². The van der Waals surface area contributed by atoms with E-state index in [1.54, 1.807) is 27.1 Å². The van der Waals surface area contributed by atoms with Crippen LogP contribution in [0.4, 0.5) is 10.5 Å². The van der Waals surface area contributed by atoms with E-state index in [-0.39, 0.29) is 12.5 Å². The van der Waals surface area contributed by atoms with Crippen molar-refractivity contribution < 1.29 is 14.3 Å². The lowest BCUT2D eigenvalue weighted by atomic mass is 10.1. The molecule has 3 aromatic heterocycles. The number of para-hydroxylation sites is 1. The predicted octanol–water partition coefficient (Wildman–Crippen LogP) is 5.98. The van der Waals surface area contributed by atoms with E-state index < -0.39 is 11.7 Å². The minimum Gasteiger partial charge on any atom is -0.443 e. The van der Waals surface area contributed by atoms with Crippen molar-refractivity contribution >= 4 is 40.1 Å². The molecule has 188 valence electrons.